The maximum atomic E-state index is 13.3. The molecule has 0 bridgehead atoms. The largest absolute Gasteiger partial charge is 0.332 e. The second kappa shape index (κ2) is 10.1. The average Bonchev–Trinajstić information content (AvgIpc) is 3.07. The van der Waals surface area contributed by atoms with Gasteiger partial charge in [0.15, 0.2) is 0 Å². The van der Waals surface area contributed by atoms with Crippen LogP contribution in [0, 0.1) is 6.92 Å². The molecular formula is C25H30N4O2. The van der Waals surface area contributed by atoms with Crippen LogP contribution in [0.25, 0.3) is 0 Å². The highest BCUT2D eigenvalue weighted by Gasteiger charge is 2.22. The Bertz CT molecular complexity index is 1040. The van der Waals surface area contributed by atoms with Gasteiger partial charge >= 0.3 is 0 Å². The lowest BCUT2D eigenvalue weighted by Crippen LogP contribution is -2.33. The van der Waals surface area contributed by atoms with Crippen LogP contribution in [0.3, 0.4) is 0 Å². The van der Waals surface area contributed by atoms with Crippen molar-refractivity contribution in [1.29, 1.82) is 0 Å². The van der Waals surface area contributed by atoms with Gasteiger partial charge < -0.3 is 10.2 Å². The third-order valence-electron chi connectivity index (χ3n) is 5.40. The molecule has 1 aromatic heterocycles. The third-order valence-corrected chi connectivity index (χ3v) is 5.40. The van der Waals surface area contributed by atoms with E-state index in [-0.39, 0.29) is 17.9 Å². The van der Waals surface area contributed by atoms with Gasteiger partial charge in [-0.3, -0.25) is 14.3 Å². The first kappa shape index (κ1) is 22.3. The van der Waals surface area contributed by atoms with E-state index in [1.807, 2.05) is 86.6 Å². The standard InChI is InChI=1S/C25H30N4O2/c1-18-23(17-28(4)27-18)13-14-25(31)29(16-21-9-6-5-7-10-21)19(2)22-11-8-12-24(15-22)26-20(3)30/h5-12,15,17,19H,13-14,16H2,1-4H3,(H,26,30). The molecule has 1 unspecified atom stereocenters. The van der Waals surface area contributed by atoms with E-state index in [1.165, 1.54) is 6.92 Å². The van der Waals surface area contributed by atoms with E-state index in [0.717, 1.165) is 28.1 Å². The fourth-order valence-electron chi connectivity index (χ4n) is 3.76. The van der Waals surface area contributed by atoms with Gasteiger partial charge in [-0.15, -0.1) is 0 Å². The molecule has 3 aromatic rings. The molecule has 0 aliphatic heterocycles. The smallest absolute Gasteiger partial charge is 0.223 e. The lowest BCUT2D eigenvalue weighted by molar-refractivity contribution is -0.134. The molecule has 6 heteroatoms. The predicted octanol–water partition coefficient (Wildman–Crippen LogP) is 4.41. The summed E-state index contributed by atoms with van der Waals surface area (Å²) in [6.45, 7) is 6.01. The van der Waals surface area contributed by atoms with Gasteiger partial charge in [-0.25, -0.2) is 0 Å². The second-order valence-corrected chi connectivity index (χ2v) is 7.90. The van der Waals surface area contributed by atoms with E-state index in [1.54, 1.807) is 4.68 Å². The number of benzene rings is 2. The number of anilines is 1. The molecule has 2 aromatic carbocycles. The number of carbonyl (C=O) groups is 2. The Balaban J connectivity index is 1.82. The van der Waals surface area contributed by atoms with E-state index < -0.39 is 0 Å². The Labute approximate surface area is 183 Å². The molecule has 0 fully saturated rings. The molecule has 6 nitrogen and oxygen atoms in total. The summed E-state index contributed by atoms with van der Waals surface area (Å²) < 4.78 is 1.78. The zero-order valence-corrected chi connectivity index (χ0v) is 18.6. The molecule has 31 heavy (non-hydrogen) atoms. The average molecular weight is 419 g/mol. The topological polar surface area (TPSA) is 67.2 Å². The maximum absolute atomic E-state index is 13.3. The minimum Gasteiger partial charge on any atom is -0.332 e. The molecule has 0 radical (unpaired) electrons. The molecule has 1 N–H and O–H groups in total. The van der Waals surface area contributed by atoms with Gasteiger partial charge in [0, 0.05) is 38.8 Å². The number of aromatic nitrogens is 2. The van der Waals surface area contributed by atoms with Crippen LogP contribution in [0.2, 0.25) is 0 Å². The van der Waals surface area contributed by atoms with Crippen molar-refractivity contribution in [3.63, 3.8) is 0 Å². The van der Waals surface area contributed by atoms with Gasteiger partial charge in [0.2, 0.25) is 11.8 Å². The zero-order chi connectivity index (χ0) is 22.4. The SMILES string of the molecule is CC(=O)Nc1cccc(C(C)N(Cc2ccccc2)C(=O)CCc2cn(C)nc2C)c1. The highest BCUT2D eigenvalue weighted by atomic mass is 16.2. The fraction of sp³-hybridized carbons (Fsp3) is 0.320. The van der Waals surface area contributed by atoms with Crippen LogP contribution in [0.5, 0.6) is 0 Å². The molecule has 1 atom stereocenters. The van der Waals surface area contributed by atoms with Gasteiger partial charge in [0.1, 0.15) is 0 Å². The van der Waals surface area contributed by atoms with E-state index >= 15 is 0 Å². The monoisotopic (exact) mass is 418 g/mol. The van der Waals surface area contributed by atoms with Crippen molar-refractivity contribution in [1.82, 2.24) is 14.7 Å². The van der Waals surface area contributed by atoms with Crippen LogP contribution in [0.15, 0.2) is 60.8 Å². The van der Waals surface area contributed by atoms with Crippen molar-refractivity contribution in [3.8, 4) is 0 Å². The molecular weight excluding hydrogens is 388 g/mol. The fourth-order valence-corrected chi connectivity index (χ4v) is 3.76. The maximum Gasteiger partial charge on any atom is 0.223 e. The first-order valence-corrected chi connectivity index (χ1v) is 10.5. The van der Waals surface area contributed by atoms with Crippen molar-refractivity contribution in [2.24, 2.45) is 7.05 Å². The molecule has 2 amide bonds. The highest BCUT2D eigenvalue weighted by Crippen LogP contribution is 2.26. The Kier molecular flexibility index (Phi) is 7.23. The predicted molar refractivity (Wildman–Crippen MR) is 122 cm³/mol. The van der Waals surface area contributed by atoms with Crippen LogP contribution in [0.1, 0.15) is 48.7 Å². The van der Waals surface area contributed by atoms with Crippen molar-refractivity contribution in [2.45, 2.75) is 46.2 Å². The van der Waals surface area contributed by atoms with Gasteiger partial charge in [-0.05, 0) is 49.1 Å². The number of amides is 2. The summed E-state index contributed by atoms with van der Waals surface area (Å²) in [5.74, 6) is -0.0293. The van der Waals surface area contributed by atoms with Crippen molar-refractivity contribution < 1.29 is 9.59 Å². The third kappa shape index (κ3) is 6.04. The molecule has 0 aliphatic rings. The van der Waals surface area contributed by atoms with Crippen molar-refractivity contribution in [3.05, 3.63) is 83.2 Å². The van der Waals surface area contributed by atoms with Crippen LogP contribution >= 0.6 is 0 Å². The zero-order valence-electron chi connectivity index (χ0n) is 18.6. The normalized spacial score (nSPS) is 11.7. The summed E-state index contributed by atoms with van der Waals surface area (Å²) in [6, 6.07) is 17.6. The van der Waals surface area contributed by atoms with Gasteiger partial charge in [-0.1, -0.05) is 42.5 Å². The van der Waals surface area contributed by atoms with Crippen LogP contribution in [-0.4, -0.2) is 26.5 Å². The Hall–Kier alpha value is -3.41. The van der Waals surface area contributed by atoms with Gasteiger partial charge in [0.25, 0.3) is 0 Å². The summed E-state index contributed by atoms with van der Waals surface area (Å²) in [5.41, 5.74) is 4.85. The van der Waals surface area contributed by atoms with E-state index in [2.05, 4.69) is 10.4 Å². The van der Waals surface area contributed by atoms with E-state index in [4.69, 9.17) is 0 Å². The highest BCUT2D eigenvalue weighted by molar-refractivity contribution is 5.88. The summed E-state index contributed by atoms with van der Waals surface area (Å²) in [5, 5.41) is 7.20. The quantitative estimate of drug-likeness (QED) is 0.589. The summed E-state index contributed by atoms with van der Waals surface area (Å²) >= 11 is 0. The Morgan fingerprint density at radius 2 is 1.87 bits per heavy atom. The molecule has 0 saturated carbocycles. The van der Waals surface area contributed by atoms with Gasteiger partial charge in [-0.2, -0.15) is 5.10 Å². The van der Waals surface area contributed by atoms with E-state index in [9.17, 15) is 9.59 Å². The first-order valence-electron chi connectivity index (χ1n) is 10.5. The number of aryl methyl sites for hydroxylation is 3. The summed E-state index contributed by atoms with van der Waals surface area (Å²) in [4.78, 5) is 26.7. The Morgan fingerprint density at radius 3 is 2.52 bits per heavy atom. The number of hydrogen-bond donors (Lipinski definition) is 1. The minimum absolute atomic E-state index is 0.0875. The second-order valence-electron chi connectivity index (χ2n) is 7.90. The molecule has 1 heterocycles. The first-order chi connectivity index (χ1) is 14.8. The number of rotatable bonds is 8. The lowest BCUT2D eigenvalue weighted by atomic mass is 10.0. The van der Waals surface area contributed by atoms with Crippen LogP contribution in [-0.2, 0) is 29.6 Å². The molecule has 0 aliphatic carbocycles. The van der Waals surface area contributed by atoms with Gasteiger partial charge in [0.05, 0.1) is 11.7 Å². The van der Waals surface area contributed by atoms with Crippen LogP contribution < -0.4 is 5.32 Å². The summed E-state index contributed by atoms with van der Waals surface area (Å²) in [7, 11) is 1.89. The number of nitrogens with zero attached hydrogens (tertiary/aromatic N) is 3. The number of carbonyl (C=O) groups excluding carboxylic acids is 2. The van der Waals surface area contributed by atoms with E-state index in [0.29, 0.717) is 19.4 Å². The Morgan fingerprint density at radius 1 is 1.13 bits per heavy atom. The van der Waals surface area contributed by atoms with Crippen molar-refractivity contribution >= 4 is 17.5 Å². The lowest BCUT2D eigenvalue weighted by Gasteiger charge is -2.30. The van der Waals surface area contributed by atoms with Crippen molar-refractivity contribution in [2.75, 3.05) is 5.32 Å². The molecule has 162 valence electrons. The molecule has 0 saturated heterocycles. The number of hydrogen-bond acceptors (Lipinski definition) is 3. The summed E-state index contributed by atoms with van der Waals surface area (Å²) in [6.07, 6.45) is 3.04. The number of nitrogens with one attached hydrogen (secondary N) is 1. The molecule has 0 spiro atoms. The minimum atomic E-state index is -0.142. The van der Waals surface area contributed by atoms with Crippen LogP contribution in [0.4, 0.5) is 5.69 Å². The molecule has 3 rings (SSSR count).